The Morgan fingerprint density at radius 1 is 1.29 bits per heavy atom. The number of carbonyl (C=O) groups excluding carboxylic acids is 2. The van der Waals surface area contributed by atoms with Gasteiger partial charge >= 0.3 is 0 Å². The molecule has 2 amide bonds. The lowest BCUT2D eigenvalue weighted by molar-refractivity contribution is 0.0927. The summed E-state index contributed by atoms with van der Waals surface area (Å²) in [6.07, 6.45) is -0.424. The van der Waals surface area contributed by atoms with E-state index >= 15 is 0 Å². The molecule has 0 spiro atoms. The van der Waals surface area contributed by atoms with Gasteiger partial charge in [0.05, 0.1) is 6.10 Å². The van der Waals surface area contributed by atoms with Gasteiger partial charge in [0.25, 0.3) is 11.8 Å². The normalized spacial score (nSPS) is 20.5. The predicted molar refractivity (Wildman–Crippen MR) is 81.8 cm³/mol. The molecule has 21 heavy (non-hydrogen) atoms. The molecular weight excluding hydrogens is 294 g/mol. The van der Waals surface area contributed by atoms with Crippen molar-refractivity contribution in [2.75, 3.05) is 26.7 Å². The molecule has 1 aromatic carbocycles. The first-order valence-electron chi connectivity index (χ1n) is 6.61. The summed E-state index contributed by atoms with van der Waals surface area (Å²) >= 11 is 0. The van der Waals surface area contributed by atoms with Gasteiger partial charge in [0.2, 0.25) is 0 Å². The number of aliphatic hydroxyl groups excluding tert-OH is 1. The Balaban J connectivity index is 0.00000220. The minimum absolute atomic E-state index is 0. The van der Waals surface area contributed by atoms with Crippen molar-refractivity contribution in [3.63, 3.8) is 0 Å². The lowest BCUT2D eigenvalue weighted by Crippen LogP contribution is -2.34. The van der Waals surface area contributed by atoms with Crippen molar-refractivity contribution in [2.45, 2.75) is 6.10 Å². The summed E-state index contributed by atoms with van der Waals surface area (Å²) in [4.78, 5) is 23.5. The molecule has 0 bridgehead atoms. The predicted octanol–water partition coefficient (Wildman–Crippen LogP) is -0.222. The number of nitrogens with one attached hydrogen (secondary N) is 3. The topological polar surface area (TPSA) is 90.5 Å². The lowest BCUT2D eigenvalue weighted by Gasteiger charge is -2.14. The second-order valence-corrected chi connectivity index (χ2v) is 4.86. The molecule has 2 rings (SSSR count). The number of rotatable bonds is 4. The highest BCUT2D eigenvalue weighted by molar-refractivity contribution is 5.99. The van der Waals surface area contributed by atoms with Crippen molar-refractivity contribution < 1.29 is 14.7 Å². The first-order chi connectivity index (χ1) is 9.61. The van der Waals surface area contributed by atoms with E-state index in [-0.39, 0.29) is 30.1 Å². The fraction of sp³-hybridized carbons (Fsp3) is 0.429. The van der Waals surface area contributed by atoms with E-state index < -0.39 is 6.10 Å². The van der Waals surface area contributed by atoms with Gasteiger partial charge < -0.3 is 21.1 Å². The molecule has 1 saturated heterocycles. The lowest BCUT2D eigenvalue weighted by atomic mass is 10.1. The van der Waals surface area contributed by atoms with Crippen LogP contribution in [-0.4, -0.2) is 49.7 Å². The van der Waals surface area contributed by atoms with Crippen molar-refractivity contribution in [2.24, 2.45) is 5.92 Å². The Morgan fingerprint density at radius 3 is 2.52 bits per heavy atom. The first-order valence-corrected chi connectivity index (χ1v) is 6.61. The van der Waals surface area contributed by atoms with Crippen molar-refractivity contribution >= 4 is 24.2 Å². The Kier molecular flexibility index (Phi) is 6.61. The van der Waals surface area contributed by atoms with Crippen LogP contribution in [0.4, 0.5) is 0 Å². The van der Waals surface area contributed by atoms with Crippen molar-refractivity contribution in [1.82, 2.24) is 16.0 Å². The van der Waals surface area contributed by atoms with Gasteiger partial charge in [-0.2, -0.15) is 0 Å². The molecule has 1 fully saturated rings. The minimum Gasteiger partial charge on any atom is -0.391 e. The van der Waals surface area contributed by atoms with E-state index in [1.54, 1.807) is 31.3 Å². The van der Waals surface area contributed by atoms with Crippen molar-refractivity contribution in [1.29, 1.82) is 0 Å². The summed E-state index contributed by atoms with van der Waals surface area (Å²) in [5, 5.41) is 18.0. The van der Waals surface area contributed by atoms with Crippen LogP contribution in [0.3, 0.4) is 0 Å². The van der Waals surface area contributed by atoms with Gasteiger partial charge in [0, 0.05) is 43.7 Å². The number of benzene rings is 1. The molecule has 1 aromatic rings. The van der Waals surface area contributed by atoms with Gasteiger partial charge in [-0.1, -0.05) is 6.07 Å². The maximum absolute atomic E-state index is 12.0. The van der Waals surface area contributed by atoms with E-state index in [0.717, 1.165) is 0 Å². The van der Waals surface area contributed by atoms with Gasteiger partial charge in [0.1, 0.15) is 0 Å². The van der Waals surface area contributed by atoms with Crippen LogP contribution in [-0.2, 0) is 0 Å². The van der Waals surface area contributed by atoms with Gasteiger partial charge in [0.15, 0.2) is 0 Å². The molecule has 1 heterocycles. The van der Waals surface area contributed by atoms with Crippen LogP contribution in [0.1, 0.15) is 20.7 Å². The fourth-order valence-electron chi connectivity index (χ4n) is 2.20. The molecule has 6 nitrogen and oxygen atoms in total. The highest BCUT2D eigenvalue weighted by Gasteiger charge is 2.25. The molecule has 116 valence electrons. The monoisotopic (exact) mass is 313 g/mol. The zero-order valence-corrected chi connectivity index (χ0v) is 12.6. The minimum atomic E-state index is -0.424. The first kappa shape index (κ1) is 17.4. The molecular formula is C14H20ClN3O3. The van der Waals surface area contributed by atoms with Gasteiger partial charge in [-0.05, 0) is 18.2 Å². The fourth-order valence-corrected chi connectivity index (χ4v) is 2.20. The molecule has 1 aliphatic heterocycles. The molecule has 2 atom stereocenters. The Bertz CT molecular complexity index is 510. The second-order valence-electron chi connectivity index (χ2n) is 4.86. The molecule has 1 aliphatic rings. The molecule has 0 saturated carbocycles. The number of β-amino-alcohol motifs (C(OH)–C–C–N with tert-alkyl or cyclic N) is 1. The van der Waals surface area contributed by atoms with Crippen LogP contribution < -0.4 is 16.0 Å². The third-order valence-corrected chi connectivity index (χ3v) is 3.44. The summed E-state index contributed by atoms with van der Waals surface area (Å²) in [6.45, 7) is 1.67. The summed E-state index contributed by atoms with van der Waals surface area (Å²) in [5.74, 6) is -0.439. The van der Waals surface area contributed by atoms with E-state index in [0.29, 0.717) is 30.8 Å². The molecule has 0 aliphatic carbocycles. The molecule has 4 N–H and O–H groups in total. The SMILES string of the molecule is CNC(=O)c1cccc(C(=O)NCC2CNCC2O)c1.Cl. The van der Waals surface area contributed by atoms with E-state index in [4.69, 9.17) is 0 Å². The van der Waals surface area contributed by atoms with Gasteiger partial charge in [-0.3, -0.25) is 9.59 Å². The number of amides is 2. The van der Waals surface area contributed by atoms with Gasteiger partial charge in [-0.25, -0.2) is 0 Å². The standard InChI is InChI=1S/C14H19N3O3.ClH/c1-15-13(19)9-3-2-4-10(5-9)14(20)17-7-11-6-16-8-12(11)18;/h2-5,11-12,16,18H,6-8H2,1H3,(H,15,19)(H,17,20);1H. The summed E-state index contributed by atoms with van der Waals surface area (Å²) in [7, 11) is 1.55. The van der Waals surface area contributed by atoms with E-state index in [2.05, 4.69) is 16.0 Å². The largest absolute Gasteiger partial charge is 0.391 e. The van der Waals surface area contributed by atoms with Crippen LogP contribution in [0.15, 0.2) is 24.3 Å². The second kappa shape index (κ2) is 7.97. The number of aliphatic hydroxyl groups is 1. The summed E-state index contributed by atoms with van der Waals surface area (Å²) in [6, 6.07) is 6.54. The Morgan fingerprint density at radius 2 is 1.95 bits per heavy atom. The van der Waals surface area contributed by atoms with Crippen LogP contribution in [0, 0.1) is 5.92 Å². The van der Waals surface area contributed by atoms with Crippen LogP contribution in [0.25, 0.3) is 0 Å². The Hall–Kier alpha value is -1.63. The van der Waals surface area contributed by atoms with Crippen molar-refractivity contribution in [3.8, 4) is 0 Å². The number of hydrogen-bond acceptors (Lipinski definition) is 4. The van der Waals surface area contributed by atoms with Crippen LogP contribution >= 0.6 is 12.4 Å². The van der Waals surface area contributed by atoms with Crippen LogP contribution in [0.5, 0.6) is 0 Å². The van der Waals surface area contributed by atoms with Gasteiger partial charge in [-0.15, -0.1) is 12.4 Å². The Labute approximate surface area is 129 Å². The summed E-state index contributed by atoms with van der Waals surface area (Å²) in [5.41, 5.74) is 0.884. The number of hydrogen-bond donors (Lipinski definition) is 4. The van der Waals surface area contributed by atoms with E-state index in [9.17, 15) is 14.7 Å². The molecule has 0 radical (unpaired) electrons. The molecule has 0 aromatic heterocycles. The highest BCUT2D eigenvalue weighted by Crippen LogP contribution is 2.09. The molecule has 2 unspecified atom stereocenters. The van der Waals surface area contributed by atoms with Crippen molar-refractivity contribution in [3.05, 3.63) is 35.4 Å². The summed E-state index contributed by atoms with van der Waals surface area (Å²) < 4.78 is 0. The third-order valence-electron chi connectivity index (χ3n) is 3.44. The maximum atomic E-state index is 12.0. The average molecular weight is 314 g/mol. The zero-order chi connectivity index (χ0) is 14.5. The van der Waals surface area contributed by atoms with E-state index in [1.165, 1.54) is 0 Å². The average Bonchev–Trinajstić information content (AvgIpc) is 2.89. The molecule has 7 heteroatoms. The zero-order valence-electron chi connectivity index (χ0n) is 11.8. The highest BCUT2D eigenvalue weighted by atomic mass is 35.5. The number of carbonyl (C=O) groups is 2. The van der Waals surface area contributed by atoms with Crippen LogP contribution in [0.2, 0.25) is 0 Å². The number of halogens is 1. The quantitative estimate of drug-likeness (QED) is 0.618. The smallest absolute Gasteiger partial charge is 0.251 e. The van der Waals surface area contributed by atoms with E-state index in [1.807, 2.05) is 0 Å². The maximum Gasteiger partial charge on any atom is 0.251 e. The third kappa shape index (κ3) is 4.42.